The lowest BCUT2D eigenvalue weighted by atomic mass is 10.00. The van der Waals surface area contributed by atoms with Crippen molar-refractivity contribution in [1.82, 2.24) is 4.90 Å². The highest BCUT2D eigenvalue weighted by atomic mass is 16.5. The van der Waals surface area contributed by atoms with E-state index < -0.39 is 0 Å². The summed E-state index contributed by atoms with van der Waals surface area (Å²) >= 11 is 0. The minimum Gasteiger partial charge on any atom is -0.496 e. The van der Waals surface area contributed by atoms with Gasteiger partial charge in [0.05, 0.1) is 25.3 Å². The smallest absolute Gasteiger partial charge is 0.234 e. The van der Waals surface area contributed by atoms with Crippen molar-refractivity contribution in [3.8, 4) is 5.75 Å². The molecule has 0 saturated carbocycles. The molecule has 1 aliphatic heterocycles. The Balaban J connectivity index is 2.15. The van der Waals surface area contributed by atoms with Crippen molar-refractivity contribution in [3.05, 3.63) is 29.3 Å². The van der Waals surface area contributed by atoms with E-state index in [0.29, 0.717) is 11.3 Å². The number of amides is 1. The second kappa shape index (κ2) is 6.72. The molecular formula is C16H22N2O3. The number of carbonyl (C=O) groups excluding carboxylic acids is 2. The number of primary amides is 1. The Hall–Kier alpha value is -1.88. The first-order valence-corrected chi connectivity index (χ1v) is 7.24. The van der Waals surface area contributed by atoms with Crippen LogP contribution in [0.25, 0.3) is 0 Å². The average Bonchev–Trinajstić information content (AvgIpc) is 2.47. The van der Waals surface area contributed by atoms with Gasteiger partial charge in [0, 0.05) is 0 Å². The lowest BCUT2D eigenvalue weighted by Gasteiger charge is -2.33. The van der Waals surface area contributed by atoms with E-state index in [1.807, 2.05) is 24.0 Å². The van der Waals surface area contributed by atoms with Gasteiger partial charge in [-0.25, -0.2) is 0 Å². The second-order valence-corrected chi connectivity index (χ2v) is 5.51. The first-order valence-electron chi connectivity index (χ1n) is 7.24. The van der Waals surface area contributed by atoms with Crippen LogP contribution in [-0.2, 0) is 4.79 Å². The van der Waals surface area contributed by atoms with Crippen molar-refractivity contribution < 1.29 is 14.3 Å². The Labute approximate surface area is 125 Å². The number of nitrogens with zero attached hydrogens (tertiary/aromatic N) is 1. The molecule has 5 heteroatoms. The molecule has 1 unspecified atom stereocenters. The normalized spacial score (nSPS) is 19.2. The van der Waals surface area contributed by atoms with Crippen molar-refractivity contribution >= 4 is 11.7 Å². The SMILES string of the molecule is COc1cc(C)ccc1C(=O)CN1CCCCC1C(N)=O. The lowest BCUT2D eigenvalue weighted by Crippen LogP contribution is -2.49. The predicted octanol–water partition coefficient (Wildman–Crippen LogP) is 1.53. The summed E-state index contributed by atoms with van der Waals surface area (Å²) in [6, 6.07) is 5.17. The van der Waals surface area contributed by atoms with Gasteiger partial charge in [-0.3, -0.25) is 14.5 Å². The molecule has 0 aliphatic carbocycles. The van der Waals surface area contributed by atoms with E-state index in [1.54, 1.807) is 13.2 Å². The summed E-state index contributed by atoms with van der Waals surface area (Å²) < 4.78 is 5.28. The third kappa shape index (κ3) is 3.61. The number of aryl methyl sites for hydroxylation is 1. The molecule has 0 radical (unpaired) electrons. The third-order valence-corrected chi connectivity index (χ3v) is 3.95. The number of ether oxygens (including phenoxy) is 1. The Kier molecular flexibility index (Phi) is 4.96. The number of nitrogens with two attached hydrogens (primary N) is 1. The molecule has 1 aliphatic rings. The van der Waals surface area contributed by atoms with Crippen LogP contribution in [0.3, 0.4) is 0 Å². The summed E-state index contributed by atoms with van der Waals surface area (Å²) in [5.74, 6) is 0.186. The Morgan fingerprint density at radius 2 is 2.14 bits per heavy atom. The molecule has 1 heterocycles. The maximum Gasteiger partial charge on any atom is 0.234 e. The van der Waals surface area contributed by atoms with Gasteiger partial charge in [0.15, 0.2) is 5.78 Å². The zero-order valence-corrected chi connectivity index (χ0v) is 12.6. The number of likely N-dealkylation sites (tertiary alicyclic amines) is 1. The summed E-state index contributed by atoms with van der Waals surface area (Å²) in [7, 11) is 1.55. The van der Waals surface area contributed by atoms with Crippen LogP contribution in [0.2, 0.25) is 0 Å². The number of carbonyl (C=O) groups is 2. The molecule has 1 aromatic carbocycles. The number of Topliss-reactive ketones (excluding diaryl/α,β-unsaturated/α-hetero) is 1. The zero-order valence-electron chi connectivity index (χ0n) is 12.6. The quantitative estimate of drug-likeness (QED) is 0.835. The minimum absolute atomic E-state index is 0.0417. The third-order valence-electron chi connectivity index (χ3n) is 3.95. The van der Waals surface area contributed by atoms with Crippen LogP contribution in [0.4, 0.5) is 0 Å². The fourth-order valence-corrected chi connectivity index (χ4v) is 2.80. The van der Waals surface area contributed by atoms with Gasteiger partial charge in [-0.1, -0.05) is 12.5 Å². The van der Waals surface area contributed by atoms with Gasteiger partial charge in [-0.05, 0) is 44.0 Å². The summed E-state index contributed by atoms with van der Waals surface area (Å²) in [4.78, 5) is 25.9. The molecule has 1 amide bonds. The van der Waals surface area contributed by atoms with Gasteiger partial charge >= 0.3 is 0 Å². The number of hydrogen-bond donors (Lipinski definition) is 1. The van der Waals surface area contributed by atoms with Crippen LogP contribution in [0.5, 0.6) is 5.75 Å². The highest BCUT2D eigenvalue weighted by Crippen LogP contribution is 2.22. The van der Waals surface area contributed by atoms with E-state index in [0.717, 1.165) is 31.4 Å². The van der Waals surface area contributed by atoms with Gasteiger partial charge in [0.2, 0.25) is 5.91 Å². The molecule has 1 saturated heterocycles. The average molecular weight is 290 g/mol. The van der Waals surface area contributed by atoms with Crippen molar-refractivity contribution in [3.63, 3.8) is 0 Å². The van der Waals surface area contributed by atoms with Gasteiger partial charge < -0.3 is 10.5 Å². The Bertz CT molecular complexity index is 542. The molecule has 0 bridgehead atoms. The summed E-state index contributed by atoms with van der Waals surface area (Å²) in [5, 5.41) is 0. The van der Waals surface area contributed by atoms with Gasteiger partial charge in [-0.15, -0.1) is 0 Å². The van der Waals surface area contributed by atoms with Gasteiger partial charge in [0.1, 0.15) is 5.75 Å². The molecule has 0 aromatic heterocycles. The van der Waals surface area contributed by atoms with E-state index in [4.69, 9.17) is 10.5 Å². The second-order valence-electron chi connectivity index (χ2n) is 5.51. The number of piperidine rings is 1. The van der Waals surface area contributed by atoms with Gasteiger partial charge in [0.25, 0.3) is 0 Å². The zero-order chi connectivity index (χ0) is 15.4. The van der Waals surface area contributed by atoms with E-state index in [2.05, 4.69) is 0 Å². The monoisotopic (exact) mass is 290 g/mol. The Morgan fingerprint density at radius 3 is 2.81 bits per heavy atom. The number of benzene rings is 1. The first kappa shape index (κ1) is 15.5. The molecule has 2 rings (SSSR count). The van der Waals surface area contributed by atoms with Crippen LogP contribution in [0, 0.1) is 6.92 Å². The summed E-state index contributed by atoms with van der Waals surface area (Å²) in [6.07, 6.45) is 2.70. The molecule has 0 spiro atoms. The molecular weight excluding hydrogens is 268 g/mol. The van der Waals surface area contributed by atoms with E-state index >= 15 is 0 Å². The van der Waals surface area contributed by atoms with Crippen LogP contribution in [-0.4, -0.2) is 42.8 Å². The van der Waals surface area contributed by atoms with Crippen molar-refractivity contribution in [2.45, 2.75) is 32.2 Å². The largest absolute Gasteiger partial charge is 0.496 e. The van der Waals surface area contributed by atoms with E-state index in [9.17, 15) is 9.59 Å². The molecule has 2 N–H and O–H groups in total. The maximum absolute atomic E-state index is 12.5. The van der Waals surface area contributed by atoms with E-state index in [-0.39, 0.29) is 24.3 Å². The molecule has 1 atom stereocenters. The highest BCUT2D eigenvalue weighted by molar-refractivity contribution is 6.00. The standard InChI is InChI=1S/C16H22N2O3/c1-11-6-7-12(15(9-11)21-2)14(19)10-18-8-4-3-5-13(18)16(17)20/h6-7,9,13H,3-5,8,10H2,1-2H3,(H2,17,20). The lowest BCUT2D eigenvalue weighted by molar-refractivity contribution is -0.124. The predicted molar refractivity (Wildman–Crippen MR) is 80.5 cm³/mol. The summed E-state index contributed by atoms with van der Waals surface area (Å²) in [5.41, 5.74) is 7.02. The van der Waals surface area contributed by atoms with Crippen LogP contribution in [0.1, 0.15) is 35.2 Å². The number of rotatable bonds is 5. The minimum atomic E-state index is -0.349. The topological polar surface area (TPSA) is 72.6 Å². The van der Waals surface area contributed by atoms with Crippen LogP contribution >= 0.6 is 0 Å². The molecule has 1 aromatic rings. The first-order chi connectivity index (χ1) is 10.0. The number of hydrogen-bond acceptors (Lipinski definition) is 4. The summed E-state index contributed by atoms with van der Waals surface area (Å²) in [6.45, 7) is 2.88. The number of ketones is 1. The Morgan fingerprint density at radius 1 is 1.38 bits per heavy atom. The molecule has 5 nitrogen and oxygen atoms in total. The van der Waals surface area contributed by atoms with Crippen molar-refractivity contribution in [2.24, 2.45) is 5.73 Å². The maximum atomic E-state index is 12.5. The van der Waals surface area contributed by atoms with E-state index in [1.165, 1.54) is 0 Å². The van der Waals surface area contributed by atoms with Crippen LogP contribution in [0.15, 0.2) is 18.2 Å². The van der Waals surface area contributed by atoms with Crippen molar-refractivity contribution in [1.29, 1.82) is 0 Å². The molecule has 114 valence electrons. The molecule has 1 fully saturated rings. The van der Waals surface area contributed by atoms with Gasteiger partial charge in [-0.2, -0.15) is 0 Å². The fourth-order valence-electron chi connectivity index (χ4n) is 2.80. The highest BCUT2D eigenvalue weighted by Gasteiger charge is 2.29. The van der Waals surface area contributed by atoms with Crippen LogP contribution < -0.4 is 10.5 Å². The van der Waals surface area contributed by atoms with Crippen molar-refractivity contribution in [2.75, 3.05) is 20.2 Å². The number of methoxy groups -OCH3 is 1. The fraction of sp³-hybridized carbons (Fsp3) is 0.500. The molecule has 21 heavy (non-hydrogen) atoms.